The number of anilines is 1. The van der Waals surface area contributed by atoms with Gasteiger partial charge in [0.25, 0.3) is 0 Å². The summed E-state index contributed by atoms with van der Waals surface area (Å²) in [6, 6.07) is 20.2. The molecule has 26 heavy (non-hydrogen) atoms. The lowest BCUT2D eigenvalue weighted by Gasteiger charge is -2.11. The average molecular weight is 344 g/mol. The number of hydrogen-bond acceptors (Lipinski definition) is 4. The summed E-state index contributed by atoms with van der Waals surface area (Å²) in [5.41, 5.74) is 5.82. The number of fused-ring (bicyclic) bond motifs is 2. The zero-order valence-electron chi connectivity index (χ0n) is 14.6. The normalized spacial score (nSPS) is 11.4. The molecule has 2 N–H and O–H groups in total. The molecule has 0 unspecified atom stereocenters. The average Bonchev–Trinajstić information content (AvgIpc) is 3.10. The van der Waals surface area contributed by atoms with Crippen molar-refractivity contribution in [1.29, 1.82) is 0 Å². The Morgan fingerprint density at radius 1 is 1.08 bits per heavy atom. The van der Waals surface area contributed by atoms with Crippen LogP contribution in [0, 0.1) is 0 Å². The molecule has 4 rings (SSSR count). The molecule has 0 saturated carbocycles. The van der Waals surface area contributed by atoms with Crippen LogP contribution in [-0.4, -0.2) is 22.8 Å². The quantitative estimate of drug-likeness (QED) is 0.384. The maximum Gasteiger partial charge on any atom is 0.222 e. The predicted octanol–water partition coefficient (Wildman–Crippen LogP) is 4.95. The molecule has 0 aliphatic heterocycles. The van der Waals surface area contributed by atoms with Crippen molar-refractivity contribution in [3.8, 4) is 5.75 Å². The van der Waals surface area contributed by atoms with Crippen molar-refractivity contribution in [3.05, 3.63) is 66.2 Å². The van der Waals surface area contributed by atoms with Crippen LogP contribution < -0.4 is 10.2 Å². The molecule has 1 heterocycles. The van der Waals surface area contributed by atoms with Crippen LogP contribution in [0.4, 0.5) is 5.95 Å². The van der Waals surface area contributed by atoms with Crippen molar-refractivity contribution in [2.24, 2.45) is 5.10 Å². The summed E-state index contributed by atoms with van der Waals surface area (Å²) >= 11 is 0. The first-order valence-electron chi connectivity index (χ1n) is 8.73. The van der Waals surface area contributed by atoms with E-state index in [0.717, 1.165) is 39.5 Å². The Morgan fingerprint density at radius 2 is 1.92 bits per heavy atom. The van der Waals surface area contributed by atoms with Gasteiger partial charge in [0, 0.05) is 5.56 Å². The zero-order valence-corrected chi connectivity index (χ0v) is 14.6. The van der Waals surface area contributed by atoms with Crippen LogP contribution in [0.1, 0.15) is 18.9 Å². The molecule has 0 aliphatic rings. The Balaban J connectivity index is 1.64. The maximum absolute atomic E-state index is 5.90. The number of H-pyrrole nitrogens is 1. The van der Waals surface area contributed by atoms with Crippen LogP contribution in [0.3, 0.4) is 0 Å². The minimum atomic E-state index is 0.610. The molecule has 5 heteroatoms. The second-order valence-corrected chi connectivity index (χ2v) is 6.02. The van der Waals surface area contributed by atoms with E-state index < -0.39 is 0 Å². The third-order valence-corrected chi connectivity index (χ3v) is 4.15. The molecule has 5 nitrogen and oxygen atoms in total. The van der Waals surface area contributed by atoms with E-state index in [1.807, 2.05) is 42.5 Å². The molecule has 0 bridgehead atoms. The van der Waals surface area contributed by atoms with E-state index in [9.17, 15) is 0 Å². The topological polar surface area (TPSA) is 62.3 Å². The fourth-order valence-corrected chi connectivity index (χ4v) is 2.91. The lowest BCUT2D eigenvalue weighted by molar-refractivity contribution is 0.317. The van der Waals surface area contributed by atoms with Crippen molar-refractivity contribution in [3.63, 3.8) is 0 Å². The summed E-state index contributed by atoms with van der Waals surface area (Å²) in [6.07, 6.45) is 2.75. The number of rotatable bonds is 6. The van der Waals surface area contributed by atoms with Crippen LogP contribution in [0.25, 0.3) is 21.8 Å². The highest BCUT2D eigenvalue weighted by Gasteiger charge is 2.07. The van der Waals surface area contributed by atoms with E-state index in [-0.39, 0.29) is 0 Å². The van der Waals surface area contributed by atoms with Gasteiger partial charge in [-0.25, -0.2) is 10.4 Å². The summed E-state index contributed by atoms with van der Waals surface area (Å²) in [7, 11) is 0. The number of aromatic amines is 1. The number of hydrazone groups is 1. The number of aromatic nitrogens is 2. The van der Waals surface area contributed by atoms with Crippen molar-refractivity contribution < 1.29 is 4.74 Å². The number of hydrogen-bond donors (Lipinski definition) is 2. The second-order valence-electron chi connectivity index (χ2n) is 6.02. The number of nitrogens with zero attached hydrogens (tertiary/aromatic N) is 2. The highest BCUT2D eigenvalue weighted by Crippen LogP contribution is 2.27. The van der Waals surface area contributed by atoms with Gasteiger partial charge < -0.3 is 9.72 Å². The number of ether oxygens (including phenoxy) is 1. The minimum absolute atomic E-state index is 0.610. The van der Waals surface area contributed by atoms with Gasteiger partial charge in [0.1, 0.15) is 5.75 Å². The van der Waals surface area contributed by atoms with E-state index in [0.29, 0.717) is 12.6 Å². The van der Waals surface area contributed by atoms with Crippen LogP contribution in [-0.2, 0) is 0 Å². The highest BCUT2D eigenvalue weighted by atomic mass is 16.5. The van der Waals surface area contributed by atoms with Gasteiger partial charge in [-0.05, 0) is 35.4 Å². The van der Waals surface area contributed by atoms with Gasteiger partial charge in [0.15, 0.2) is 0 Å². The molecule has 0 saturated heterocycles. The fourth-order valence-electron chi connectivity index (χ4n) is 2.91. The predicted molar refractivity (Wildman–Crippen MR) is 107 cm³/mol. The van der Waals surface area contributed by atoms with Gasteiger partial charge in [-0.3, -0.25) is 0 Å². The van der Waals surface area contributed by atoms with E-state index in [1.54, 1.807) is 6.21 Å². The fraction of sp³-hybridized carbons (Fsp3) is 0.143. The van der Waals surface area contributed by atoms with Crippen LogP contribution >= 0.6 is 0 Å². The molecule has 0 radical (unpaired) electrons. The standard InChI is InChI=1S/C21H20N4O/c1-2-13-26-20-12-11-15-7-3-4-8-16(15)17(20)14-22-25-21-23-18-9-5-6-10-19(18)24-21/h3-12,14H,2,13H2,1H3,(H2,23,24,25)/b22-14-. The smallest absolute Gasteiger partial charge is 0.222 e. The Morgan fingerprint density at radius 3 is 2.81 bits per heavy atom. The molecular weight excluding hydrogens is 324 g/mol. The van der Waals surface area contributed by atoms with Crippen molar-refractivity contribution in [2.75, 3.05) is 12.0 Å². The van der Waals surface area contributed by atoms with E-state index in [2.05, 4.69) is 45.6 Å². The van der Waals surface area contributed by atoms with Gasteiger partial charge in [0.2, 0.25) is 5.95 Å². The SMILES string of the molecule is CCCOc1ccc2ccccc2c1/C=N\Nc1nc2ccccc2[nH]1. The lowest BCUT2D eigenvalue weighted by atomic mass is 10.0. The van der Waals surface area contributed by atoms with Crippen LogP contribution in [0.5, 0.6) is 5.75 Å². The van der Waals surface area contributed by atoms with Crippen molar-refractivity contribution in [2.45, 2.75) is 13.3 Å². The molecule has 4 aromatic rings. The molecule has 0 amide bonds. The second kappa shape index (κ2) is 7.27. The largest absolute Gasteiger partial charge is 0.493 e. The highest BCUT2D eigenvalue weighted by molar-refractivity contribution is 6.02. The van der Waals surface area contributed by atoms with Gasteiger partial charge in [0.05, 0.1) is 23.9 Å². The van der Waals surface area contributed by atoms with E-state index in [1.165, 1.54) is 0 Å². The molecular formula is C21H20N4O. The minimum Gasteiger partial charge on any atom is -0.493 e. The van der Waals surface area contributed by atoms with Gasteiger partial charge >= 0.3 is 0 Å². The van der Waals surface area contributed by atoms with Crippen molar-refractivity contribution >= 4 is 34.0 Å². The van der Waals surface area contributed by atoms with Crippen molar-refractivity contribution in [1.82, 2.24) is 9.97 Å². The Hall–Kier alpha value is -3.34. The molecule has 3 aromatic carbocycles. The molecule has 130 valence electrons. The summed E-state index contributed by atoms with van der Waals surface area (Å²) in [5.74, 6) is 1.44. The summed E-state index contributed by atoms with van der Waals surface area (Å²) in [4.78, 5) is 7.67. The third kappa shape index (κ3) is 3.24. The third-order valence-electron chi connectivity index (χ3n) is 4.15. The van der Waals surface area contributed by atoms with Gasteiger partial charge in [-0.15, -0.1) is 0 Å². The Bertz CT molecular complexity index is 1030. The summed E-state index contributed by atoms with van der Waals surface area (Å²) in [6.45, 7) is 2.77. The van der Waals surface area contributed by atoms with Gasteiger partial charge in [-0.2, -0.15) is 5.10 Å². The maximum atomic E-state index is 5.90. The van der Waals surface area contributed by atoms with Crippen LogP contribution in [0.2, 0.25) is 0 Å². The number of imidazole rings is 1. The number of benzene rings is 3. The Kier molecular flexibility index (Phi) is 4.51. The molecule has 0 spiro atoms. The Labute approximate surface area is 151 Å². The lowest BCUT2D eigenvalue weighted by Crippen LogP contribution is -2.00. The molecule has 0 atom stereocenters. The molecule has 0 fully saturated rings. The first kappa shape index (κ1) is 16.1. The summed E-state index contributed by atoms with van der Waals surface area (Å²) < 4.78 is 5.90. The number of para-hydroxylation sites is 2. The molecule has 0 aliphatic carbocycles. The zero-order chi connectivity index (χ0) is 17.8. The first-order chi connectivity index (χ1) is 12.8. The van der Waals surface area contributed by atoms with Gasteiger partial charge in [-0.1, -0.05) is 49.4 Å². The van der Waals surface area contributed by atoms with Crippen LogP contribution in [0.15, 0.2) is 65.8 Å². The number of nitrogens with one attached hydrogen (secondary N) is 2. The monoisotopic (exact) mass is 344 g/mol. The van der Waals surface area contributed by atoms with E-state index >= 15 is 0 Å². The first-order valence-corrected chi connectivity index (χ1v) is 8.73. The summed E-state index contributed by atoms with van der Waals surface area (Å²) in [5, 5.41) is 6.64. The van der Waals surface area contributed by atoms with E-state index in [4.69, 9.17) is 4.74 Å². The molecule has 1 aromatic heterocycles.